The van der Waals surface area contributed by atoms with Gasteiger partial charge in [0.1, 0.15) is 6.54 Å². The summed E-state index contributed by atoms with van der Waals surface area (Å²) in [6.07, 6.45) is 8.04. The van der Waals surface area contributed by atoms with Crippen molar-refractivity contribution in [3.63, 3.8) is 0 Å². The maximum atomic E-state index is 13.0. The van der Waals surface area contributed by atoms with Gasteiger partial charge in [-0.25, -0.2) is 4.79 Å². The van der Waals surface area contributed by atoms with Crippen molar-refractivity contribution >= 4 is 11.9 Å². The molecule has 0 aliphatic heterocycles. The summed E-state index contributed by atoms with van der Waals surface area (Å²) in [5.41, 5.74) is 1.12. The highest BCUT2D eigenvalue weighted by Gasteiger charge is 2.34. The largest absolute Gasteiger partial charge is 0.353 e. The van der Waals surface area contributed by atoms with E-state index in [0.717, 1.165) is 44.2 Å². The molecule has 0 saturated heterocycles. The molecule has 1 fully saturated rings. The SMILES string of the molecule is CCCCNC(=O)N(CCCC)CC(=O)N(Cc1cccn1C)C1CC1. The first-order valence-corrected chi connectivity index (χ1v) is 9.99. The number of carbonyl (C=O) groups excluding carboxylic acids is 2. The second-order valence-corrected chi connectivity index (χ2v) is 7.22. The molecule has 0 radical (unpaired) electrons. The third-order valence-corrected chi connectivity index (χ3v) is 4.89. The van der Waals surface area contributed by atoms with Gasteiger partial charge in [-0.3, -0.25) is 4.79 Å². The molecule has 6 heteroatoms. The van der Waals surface area contributed by atoms with Gasteiger partial charge in [0.25, 0.3) is 0 Å². The number of aryl methyl sites for hydroxylation is 1. The van der Waals surface area contributed by atoms with Crippen molar-refractivity contribution in [2.45, 2.75) is 65.0 Å². The van der Waals surface area contributed by atoms with E-state index in [1.165, 1.54) is 0 Å². The first-order valence-electron chi connectivity index (χ1n) is 9.99. The second-order valence-electron chi connectivity index (χ2n) is 7.22. The molecule has 2 rings (SSSR count). The number of unbranched alkanes of at least 4 members (excludes halogenated alkanes) is 2. The first-order chi connectivity index (χ1) is 12.6. The van der Waals surface area contributed by atoms with Gasteiger partial charge in [0.15, 0.2) is 0 Å². The normalized spacial score (nSPS) is 13.5. The van der Waals surface area contributed by atoms with Gasteiger partial charge >= 0.3 is 6.03 Å². The highest BCUT2D eigenvalue weighted by molar-refractivity contribution is 5.84. The van der Waals surface area contributed by atoms with E-state index in [1.54, 1.807) is 4.90 Å². The van der Waals surface area contributed by atoms with Crippen molar-refractivity contribution in [2.75, 3.05) is 19.6 Å². The van der Waals surface area contributed by atoms with Crippen molar-refractivity contribution in [3.05, 3.63) is 24.0 Å². The minimum absolute atomic E-state index is 0.0513. The minimum atomic E-state index is -0.116. The molecule has 1 aromatic heterocycles. The Bertz CT molecular complexity index is 580. The monoisotopic (exact) mass is 362 g/mol. The van der Waals surface area contributed by atoms with Crippen molar-refractivity contribution in [1.29, 1.82) is 0 Å². The van der Waals surface area contributed by atoms with Crippen LogP contribution in [-0.2, 0) is 18.4 Å². The Hall–Kier alpha value is -1.98. The van der Waals surface area contributed by atoms with Crippen LogP contribution in [0.1, 0.15) is 58.1 Å². The molecule has 0 aromatic carbocycles. The maximum Gasteiger partial charge on any atom is 0.317 e. The molecule has 1 aromatic rings. The van der Waals surface area contributed by atoms with Crippen LogP contribution in [0.5, 0.6) is 0 Å². The molecule has 0 spiro atoms. The van der Waals surface area contributed by atoms with Gasteiger partial charge in [-0.05, 0) is 37.8 Å². The van der Waals surface area contributed by atoms with E-state index in [1.807, 2.05) is 24.2 Å². The lowest BCUT2D eigenvalue weighted by Gasteiger charge is -2.28. The molecule has 1 heterocycles. The number of carbonyl (C=O) groups is 2. The Kier molecular flexibility index (Phi) is 8.01. The molecule has 1 aliphatic rings. The first kappa shape index (κ1) is 20.3. The summed E-state index contributed by atoms with van der Waals surface area (Å²) >= 11 is 0. The summed E-state index contributed by atoms with van der Waals surface area (Å²) in [5, 5.41) is 2.95. The number of nitrogens with zero attached hydrogens (tertiary/aromatic N) is 3. The quantitative estimate of drug-likeness (QED) is 0.615. The van der Waals surface area contributed by atoms with E-state index < -0.39 is 0 Å². The summed E-state index contributed by atoms with van der Waals surface area (Å²) < 4.78 is 2.05. The predicted octanol–water partition coefficient (Wildman–Crippen LogP) is 3.13. The molecular weight excluding hydrogens is 328 g/mol. The molecule has 0 bridgehead atoms. The van der Waals surface area contributed by atoms with Crippen molar-refractivity contribution < 1.29 is 9.59 Å². The van der Waals surface area contributed by atoms with Crippen molar-refractivity contribution in [2.24, 2.45) is 7.05 Å². The lowest BCUT2D eigenvalue weighted by atomic mass is 10.3. The fourth-order valence-electron chi connectivity index (χ4n) is 2.98. The number of aromatic nitrogens is 1. The average molecular weight is 363 g/mol. The molecule has 0 atom stereocenters. The van der Waals surface area contributed by atoms with E-state index in [4.69, 9.17) is 0 Å². The Morgan fingerprint density at radius 1 is 1.23 bits per heavy atom. The predicted molar refractivity (Wildman–Crippen MR) is 104 cm³/mol. The van der Waals surface area contributed by atoms with Gasteiger partial charge < -0.3 is 19.7 Å². The van der Waals surface area contributed by atoms with E-state index in [2.05, 4.69) is 29.8 Å². The minimum Gasteiger partial charge on any atom is -0.353 e. The Morgan fingerprint density at radius 3 is 2.54 bits per heavy atom. The van der Waals surface area contributed by atoms with Crippen molar-refractivity contribution in [3.8, 4) is 0 Å². The Morgan fingerprint density at radius 2 is 1.96 bits per heavy atom. The fourth-order valence-corrected chi connectivity index (χ4v) is 2.98. The standard InChI is InChI=1S/C20H34N4O2/c1-4-6-12-21-20(26)23(14-7-5-2)16-19(25)24(17-10-11-17)15-18-9-8-13-22(18)3/h8-9,13,17H,4-7,10-12,14-16H2,1-3H3,(H,21,26). The van der Waals surface area contributed by atoms with Gasteiger partial charge in [0.05, 0.1) is 6.54 Å². The summed E-state index contributed by atoms with van der Waals surface area (Å²) in [7, 11) is 2.00. The zero-order valence-electron chi connectivity index (χ0n) is 16.5. The highest BCUT2D eigenvalue weighted by atomic mass is 16.2. The summed E-state index contributed by atoms with van der Waals surface area (Å²) in [4.78, 5) is 29.1. The number of hydrogen-bond acceptors (Lipinski definition) is 2. The number of hydrogen-bond donors (Lipinski definition) is 1. The number of amides is 3. The number of nitrogens with one attached hydrogen (secondary N) is 1. The molecule has 0 unspecified atom stereocenters. The Balaban J connectivity index is 1.98. The van der Waals surface area contributed by atoms with E-state index in [-0.39, 0.29) is 18.5 Å². The smallest absolute Gasteiger partial charge is 0.317 e. The van der Waals surface area contributed by atoms with Crippen LogP contribution < -0.4 is 5.32 Å². The van der Waals surface area contributed by atoms with Gasteiger partial charge in [0, 0.05) is 38.1 Å². The van der Waals surface area contributed by atoms with Crippen LogP contribution in [0.4, 0.5) is 4.79 Å². The summed E-state index contributed by atoms with van der Waals surface area (Å²) in [6, 6.07) is 4.26. The molecule has 146 valence electrons. The van der Waals surface area contributed by atoms with Crippen LogP contribution in [0.3, 0.4) is 0 Å². The third kappa shape index (κ3) is 6.07. The second kappa shape index (κ2) is 10.2. The maximum absolute atomic E-state index is 13.0. The van der Waals surface area contributed by atoms with Crippen LogP contribution in [0.15, 0.2) is 18.3 Å². The zero-order chi connectivity index (χ0) is 18.9. The molecule has 1 N–H and O–H groups in total. The van der Waals surface area contributed by atoms with E-state index in [0.29, 0.717) is 25.7 Å². The van der Waals surface area contributed by atoms with Gasteiger partial charge in [-0.2, -0.15) is 0 Å². The van der Waals surface area contributed by atoms with Crippen LogP contribution in [0.2, 0.25) is 0 Å². The lowest BCUT2D eigenvalue weighted by Crippen LogP contribution is -2.47. The van der Waals surface area contributed by atoms with Crippen LogP contribution in [0, 0.1) is 0 Å². The summed E-state index contributed by atoms with van der Waals surface area (Å²) in [5.74, 6) is 0.0513. The molecule has 1 aliphatic carbocycles. The molecule has 26 heavy (non-hydrogen) atoms. The van der Waals surface area contributed by atoms with E-state index >= 15 is 0 Å². The third-order valence-electron chi connectivity index (χ3n) is 4.89. The zero-order valence-corrected chi connectivity index (χ0v) is 16.5. The Labute approximate surface area is 157 Å². The van der Waals surface area contributed by atoms with Crippen LogP contribution >= 0.6 is 0 Å². The average Bonchev–Trinajstić information content (AvgIpc) is 3.38. The molecule has 3 amide bonds. The number of urea groups is 1. The fraction of sp³-hybridized carbons (Fsp3) is 0.700. The van der Waals surface area contributed by atoms with Crippen molar-refractivity contribution in [1.82, 2.24) is 19.7 Å². The molecule has 6 nitrogen and oxygen atoms in total. The van der Waals surface area contributed by atoms with Crippen LogP contribution in [-0.4, -0.2) is 52.0 Å². The lowest BCUT2D eigenvalue weighted by molar-refractivity contribution is -0.133. The van der Waals surface area contributed by atoms with Gasteiger partial charge in [-0.15, -0.1) is 0 Å². The van der Waals surface area contributed by atoms with Gasteiger partial charge in [-0.1, -0.05) is 26.7 Å². The topological polar surface area (TPSA) is 57.6 Å². The molecular formula is C20H34N4O2. The summed E-state index contributed by atoms with van der Waals surface area (Å²) in [6.45, 7) is 6.28. The van der Waals surface area contributed by atoms with E-state index in [9.17, 15) is 9.59 Å². The van der Waals surface area contributed by atoms with Gasteiger partial charge in [0.2, 0.25) is 5.91 Å². The highest BCUT2D eigenvalue weighted by Crippen LogP contribution is 2.28. The molecule has 1 saturated carbocycles. The van der Waals surface area contributed by atoms with Crippen LogP contribution in [0.25, 0.3) is 0 Å². The number of rotatable bonds is 11.